The highest BCUT2D eigenvalue weighted by Crippen LogP contribution is 2.22. The lowest BCUT2D eigenvalue weighted by atomic mass is 10.1. The summed E-state index contributed by atoms with van der Waals surface area (Å²) in [5.74, 6) is 1.47. The quantitative estimate of drug-likeness (QED) is 0.444. The van der Waals surface area contributed by atoms with Crippen molar-refractivity contribution in [3.05, 3.63) is 89.7 Å². The molecule has 4 nitrogen and oxygen atoms in total. The number of nitrogens with one attached hydrogen (secondary N) is 1. The van der Waals surface area contributed by atoms with Gasteiger partial charge in [-0.25, -0.2) is 15.0 Å². The van der Waals surface area contributed by atoms with E-state index in [2.05, 4.69) is 48.3 Å². The molecule has 0 spiro atoms. The molecule has 26 heavy (non-hydrogen) atoms. The van der Waals surface area contributed by atoms with Crippen LogP contribution in [-0.2, 0) is 0 Å². The third-order valence-electron chi connectivity index (χ3n) is 3.85. The summed E-state index contributed by atoms with van der Waals surface area (Å²) >= 11 is 3.39. The first-order valence-corrected chi connectivity index (χ1v) is 8.96. The fourth-order valence-corrected chi connectivity index (χ4v) is 2.94. The summed E-state index contributed by atoms with van der Waals surface area (Å²) in [4.78, 5) is 13.6. The van der Waals surface area contributed by atoms with Gasteiger partial charge in [0, 0.05) is 11.8 Å². The molecule has 0 bridgehead atoms. The molecule has 0 aliphatic carbocycles. The highest BCUT2D eigenvalue weighted by Gasteiger charge is 2.04. The Kier molecular flexibility index (Phi) is 4.71. The number of pyridine rings is 3. The first-order chi connectivity index (χ1) is 12.8. The van der Waals surface area contributed by atoms with Crippen molar-refractivity contribution in [3.63, 3.8) is 0 Å². The summed E-state index contributed by atoms with van der Waals surface area (Å²) in [6.07, 6.45) is 1.86. The zero-order valence-electron chi connectivity index (χ0n) is 13.8. The second-order valence-electron chi connectivity index (χ2n) is 5.68. The molecule has 0 aliphatic heterocycles. The number of benzene rings is 1. The van der Waals surface area contributed by atoms with Crippen molar-refractivity contribution < 1.29 is 0 Å². The van der Waals surface area contributed by atoms with Gasteiger partial charge in [0.1, 0.15) is 16.2 Å². The van der Waals surface area contributed by atoms with Crippen LogP contribution in [0.1, 0.15) is 0 Å². The first-order valence-electron chi connectivity index (χ1n) is 8.16. The fraction of sp³-hybridized carbons (Fsp3) is 0. The highest BCUT2D eigenvalue weighted by atomic mass is 79.9. The predicted molar refractivity (Wildman–Crippen MR) is 108 cm³/mol. The van der Waals surface area contributed by atoms with E-state index in [0.717, 1.165) is 38.8 Å². The van der Waals surface area contributed by atoms with Gasteiger partial charge in [0.15, 0.2) is 0 Å². The molecule has 126 valence electrons. The highest BCUT2D eigenvalue weighted by molar-refractivity contribution is 9.10. The second kappa shape index (κ2) is 7.45. The Balaban J connectivity index is 1.55. The van der Waals surface area contributed by atoms with Crippen LogP contribution in [-0.4, -0.2) is 15.0 Å². The normalized spacial score (nSPS) is 10.5. The standard InChI is InChI=1S/C21H15BrN4/c22-19-10-4-8-17(24-19)18-9-5-11-21(25-18)26-20-13-12-16(14-23-20)15-6-2-1-3-7-15/h1-14H,(H,23,25,26). The fourth-order valence-electron chi connectivity index (χ4n) is 2.60. The number of anilines is 2. The minimum absolute atomic E-state index is 0.726. The zero-order chi connectivity index (χ0) is 17.8. The number of rotatable bonds is 4. The summed E-state index contributed by atoms with van der Waals surface area (Å²) in [7, 11) is 0. The average molecular weight is 403 g/mol. The van der Waals surface area contributed by atoms with Crippen LogP contribution in [0, 0.1) is 0 Å². The lowest BCUT2D eigenvalue weighted by Gasteiger charge is -2.08. The van der Waals surface area contributed by atoms with Crippen LogP contribution in [0.5, 0.6) is 0 Å². The van der Waals surface area contributed by atoms with E-state index in [1.165, 1.54) is 0 Å². The summed E-state index contributed by atoms with van der Waals surface area (Å²) in [6.45, 7) is 0. The molecule has 4 aromatic rings. The molecule has 1 N–H and O–H groups in total. The van der Waals surface area contributed by atoms with Crippen LogP contribution in [0.4, 0.5) is 11.6 Å². The molecule has 0 saturated carbocycles. The molecule has 0 unspecified atom stereocenters. The van der Waals surface area contributed by atoms with Crippen molar-refractivity contribution in [3.8, 4) is 22.5 Å². The van der Waals surface area contributed by atoms with Gasteiger partial charge in [-0.3, -0.25) is 0 Å². The maximum atomic E-state index is 4.63. The number of hydrogen-bond donors (Lipinski definition) is 1. The van der Waals surface area contributed by atoms with Gasteiger partial charge < -0.3 is 5.32 Å². The van der Waals surface area contributed by atoms with Gasteiger partial charge in [-0.2, -0.15) is 0 Å². The maximum absolute atomic E-state index is 4.63. The number of nitrogens with zero attached hydrogens (tertiary/aromatic N) is 3. The average Bonchev–Trinajstić information content (AvgIpc) is 2.69. The van der Waals surface area contributed by atoms with Gasteiger partial charge in [-0.05, 0) is 57.9 Å². The molecule has 0 radical (unpaired) electrons. The monoisotopic (exact) mass is 402 g/mol. The minimum atomic E-state index is 0.726. The Hall–Kier alpha value is -3.05. The molecular formula is C21H15BrN4. The van der Waals surface area contributed by atoms with Crippen molar-refractivity contribution in [1.82, 2.24) is 15.0 Å². The van der Waals surface area contributed by atoms with Crippen LogP contribution in [0.25, 0.3) is 22.5 Å². The molecule has 0 fully saturated rings. The van der Waals surface area contributed by atoms with Gasteiger partial charge in [-0.15, -0.1) is 0 Å². The third kappa shape index (κ3) is 3.78. The van der Waals surface area contributed by atoms with E-state index in [1.807, 2.05) is 72.9 Å². The lowest BCUT2D eigenvalue weighted by Crippen LogP contribution is -1.97. The Labute approximate surface area is 160 Å². The van der Waals surface area contributed by atoms with Crippen LogP contribution < -0.4 is 5.32 Å². The lowest BCUT2D eigenvalue weighted by molar-refractivity contribution is 1.21. The van der Waals surface area contributed by atoms with Crippen molar-refractivity contribution in [1.29, 1.82) is 0 Å². The van der Waals surface area contributed by atoms with Crippen LogP contribution in [0.3, 0.4) is 0 Å². The number of aromatic nitrogens is 3. The molecule has 3 aromatic heterocycles. The first kappa shape index (κ1) is 16.4. The smallest absolute Gasteiger partial charge is 0.132 e. The third-order valence-corrected chi connectivity index (χ3v) is 4.30. The van der Waals surface area contributed by atoms with Gasteiger partial charge in [0.2, 0.25) is 0 Å². The summed E-state index contributed by atoms with van der Waals surface area (Å²) < 4.78 is 0.785. The van der Waals surface area contributed by atoms with E-state index >= 15 is 0 Å². The van der Waals surface area contributed by atoms with Gasteiger partial charge >= 0.3 is 0 Å². The molecule has 0 aliphatic rings. The molecule has 0 atom stereocenters. The van der Waals surface area contributed by atoms with Gasteiger partial charge in [0.05, 0.1) is 11.4 Å². The molecule has 5 heteroatoms. The molecule has 0 saturated heterocycles. The van der Waals surface area contributed by atoms with Crippen LogP contribution >= 0.6 is 15.9 Å². The van der Waals surface area contributed by atoms with E-state index in [0.29, 0.717) is 0 Å². The topological polar surface area (TPSA) is 50.7 Å². The molecule has 1 aromatic carbocycles. The predicted octanol–water partition coefficient (Wildman–Crippen LogP) is 5.71. The zero-order valence-corrected chi connectivity index (χ0v) is 15.4. The van der Waals surface area contributed by atoms with Gasteiger partial charge in [-0.1, -0.05) is 42.5 Å². The van der Waals surface area contributed by atoms with Gasteiger partial charge in [0.25, 0.3) is 0 Å². The van der Waals surface area contributed by atoms with E-state index in [4.69, 9.17) is 0 Å². The van der Waals surface area contributed by atoms with E-state index in [9.17, 15) is 0 Å². The van der Waals surface area contributed by atoms with Crippen molar-refractivity contribution in [2.24, 2.45) is 0 Å². The SMILES string of the molecule is Brc1cccc(-c2cccc(Nc3ccc(-c4ccccc4)cn3)n2)n1. The van der Waals surface area contributed by atoms with Crippen molar-refractivity contribution in [2.45, 2.75) is 0 Å². The minimum Gasteiger partial charge on any atom is -0.325 e. The molecule has 0 amide bonds. The Morgan fingerprint density at radius 3 is 2.12 bits per heavy atom. The van der Waals surface area contributed by atoms with E-state index in [-0.39, 0.29) is 0 Å². The second-order valence-corrected chi connectivity index (χ2v) is 6.49. The van der Waals surface area contributed by atoms with Crippen LogP contribution in [0.15, 0.2) is 89.7 Å². The van der Waals surface area contributed by atoms with E-state index in [1.54, 1.807) is 0 Å². The van der Waals surface area contributed by atoms with E-state index < -0.39 is 0 Å². The molecular weight excluding hydrogens is 388 g/mol. The Morgan fingerprint density at radius 1 is 0.615 bits per heavy atom. The van der Waals surface area contributed by atoms with Crippen molar-refractivity contribution >= 4 is 27.6 Å². The maximum Gasteiger partial charge on any atom is 0.132 e. The Bertz CT molecular complexity index is 1020. The number of halogens is 1. The molecule has 4 rings (SSSR count). The Morgan fingerprint density at radius 2 is 1.38 bits per heavy atom. The van der Waals surface area contributed by atoms with Crippen molar-refractivity contribution in [2.75, 3.05) is 5.32 Å². The summed E-state index contributed by atoms with van der Waals surface area (Å²) in [6, 6.07) is 25.8. The van der Waals surface area contributed by atoms with Crippen LogP contribution in [0.2, 0.25) is 0 Å². The molecule has 3 heterocycles. The largest absolute Gasteiger partial charge is 0.325 e. The summed E-state index contributed by atoms with van der Waals surface area (Å²) in [5, 5.41) is 3.25. The summed E-state index contributed by atoms with van der Waals surface area (Å²) in [5.41, 5.74) is 3.84. The number of hydrogen-bond acceptors (Lipinski definition) is 4.